The second-order valence-corrected chi connectivity index (χ2v) is 11.7. The number of carbonyl (C=O) groups is 2. The number of carbonyl (C=O) groups excluding carboxylic acids is 1. The number of ether oxygens (including phenoxy) is 1. The summed E-state index contributed by atoms with van der Waals surface area (Å²) in [4.78, 5) is 33.3. The van der Waals surface area contributed by atoms with Crippen molar-refractivity contribution in [1.82, 2.24) is 9.88 Å². The number of carboxylic acids is 1. The second kappa shape index (κ2) is 10.1. The van der Waals surface area contributed by atoms with Crippen LogP contribution in [0.5, 0.6) is 5.75 Å². The van der Waals surface area contributed by atoms with E-state index in [0.29, 0.717) is 6.61 Å². The number of anilines is 1. The Morgan fingerprint density at radius 3 is 2.53 bits per heavy atom. The number of hydrogen-bond acceptors (Lipinski definition) is 6. The van der Waals surface area contributed by atoms with Gasteiger partial charge in [0.25, 0.3) is 5.91 Å². The molecule has 1 amide bonds. The minimum Gasteiger partial charge on any atom is -0.488 e. The van der Waals surface area contributed by atoms with Gasteiger partial charge in [0, 0.05) is 42.7 Å². The first kappa shape index (κ1) is 24.9. The summed E-state index contributed by atoms with van der Waals surface area (Å²) in [7, 11) is 0. The fourth-order valence-electron chi connectivity index (χ4n) is 5.98. The Balaban J connectivity index is 1.15. The van der Waals surface area contributed by atoms with Crippen LogP contribution in [-0.4, -0.2) is 53.0 Å². The molecular weight excluding hydrogens is 498 g/mol. The van der Waals surface area contributed by atoms with E-state index in [9.17, 15) is 14.7 Å². The smallest absolute Gasteiger partial charge is 0.307 e. The van der Waals surface area contributed by atoms with Crippen LogP contribution in [-0.2, 0) is 11.4 Å². The topological polar surface area (TPSA) is 83.0 Å². The summed E-state index contributed by atoms with van der Waals surface area (Å²) in [5, 5.41) is 12.3. The lowest BCUT2D eigenvalue weighted by atomic mass is 10.0. The molecule has 0 spiro atoms. The number of carboxylic acid groups (broad SMARTS) is 1. The lowest BCUT2D eigenvalue weighted by Crippen LogP contribution is -2.35. The van der Waals surface area contributed by atoms with Gasteiger partial charge in [0.15, 0.2) is 5.13 Å². The van der Waals surface area contributed by atoms with Crippen LogP contribution in [0.3, 0.4) is 0 Å². The van der Waals surface area contributed by atoms with Crippen LogP contribution in [0.1, 0.15) is 46.3 Å². The second-order valence-electron chi connectivity index (χ2n) is 10.9. The number of piperidine rings is 2. The van der Waals surface area contributed by atoms with Gasteiger partial charge in [-0.05, 0) is 80.3 Å². The van der Waals surface area contributed by atoms with Crippen molar-refractivity contribution < 1.29 is 19.4 Å². The van der Waals surface area contributed by atoms with Crippen LogP contribution in [0.25, 0.3) is 11.3 Å². The van der Waals surface area contributed by atoms with Crippen molar-refractivity contribution in [2.75, 3.05) is 31.1 Å². The quantitative estimate of drug-likeness (QED) is 0.440. The van der Waals surface area contributed by atoms with Gasteiger partial charge in [0.2, 0.25) is 0 Å². The maximum absolute atomic E-state index is 12.9. The molecule has 6 rings (SSSR count). The molecule has 3 atom stereocenters. The highest BCUT2D eigenvalue weighted by Gasteiger charge is 2.60. The Hall–Kier alpha value is -3.39. The van der Waals surface area contributed by atoms with Gasteiger partial charge in [-0.3, -0.25) is 9.59 Å². The predicted molar refractivity (Wildman–Crippen MR) is 148 cm³/mol. The molecule has 1 saturated carbocycles. The highest BCUT2D eigenvalue weighted by atomic mass is 32.1. The number of nitrogens with zero attached hydrogens (tertiary/aromatic N) is 3. The molecule has 7 nitrogen and oxygen atoms in total. The van der Waals surface area contributed by atoms with Crippen molar-refractivity contribution in [2.45, 2.75) is 39.7 Å². The molecule has 3 fully saturated rings. The van der Waals surface area contributed by atoms with E-state index in [1.807, 2.05) is 42.2 Å². The number of aryl methyl sites for hydroxylation is 2. The maximum atomic E-state index is 12.9. The van der Waals surface area contributed by atoms with Gasteiger partial charge in [-0.15, -0.1) is 11.3 Å². The first-order valence-corrected chi connectivity index (χ1v) is 14.3. The minimum absolute atomic E-state index is 0.120. The summed E-state index contributed by atoms with van der Waals surface area (Å²) >= 11 is 1.60. The number of rotatable bonds is 7. The van der Waals surface area contributed by atoms with E-state index in [4.69, 9.17) is 9.72 Å². The molecule has 8 heteroatoms. The molecule has 198 valence electrons. The number of aliphatic carboxylic acids is 1. The fourth-order valence-corrected chi connectivity index (χ4v) is 6.82. The van der Waals surface area contributed by atoms with Crippen LogP contribution in [0.15, 0.2) is 41.8 Å². The number of hydrogen-bond donors (Lipinski definition) is 1. The molecule has 0 bridgehead atoms. The number of fused-ring (bicyclic) bond motifs is 1. The van der Waals surface area contributed by atoms with Gasteiger partial charge < -0.3 is 19.6 Å². The van der Waals surface area contributed by atoms with Crippen LogP contribution >= 0.6 is 11.3 Å². The van der Waals surface area contributed by atoms with E-state index in [0.717, 1.165) is 83.4 Å². The van der Waals surface area contributed by atoms with Crippen LogP contribution in [0.2, 0.25) is 0 Å². The van der Waals surface area contributed by atoms with Crippen molar-refractivity contribution in [3.8, 4) is 17.0 Å². The van der Waals surface area contributed by atoms with Gasteiger partial charge in [-0.1, -0.05) is 17.7 Å². The first-order chi connectivity index (χ1) is 18.4. The lowest BCUT2D eigenvalue weighted by molar-refractivity contribution is -0.139. The minimum atomic E-state index is -0.667. The van der Waals surface area contributed by atoms with Gasteiger partial charge in [0.1, 0.15) is 12.4 Å². The number of thiazole rings is 1. The average Bonchev–Trinajstić information content (AvgIpc) is 3.23. The van der Waals surface area contributed by atoms with E-state index >= 15 is 0 Å². The summed E-state index contributed by atoms with van der Waals surface area (Å²) in [5.41, 5.74) is 5.80. The third kappa shape index (κ3) is 4.77. The zero-order chi connectivity index (χ0) is 26.4. The molecule has 3 aliphatic rings. The normalized spacial score (nSPS) is 22.3. The molecule has 2 aliphatic heterocycles. The third-order valence-corrected chi connectivity index (χ3v) is 9.17. The Kier molecular flexibility index (Phi) is 6.60. The van der Waals surface area contributed by atoms with Crippen LogP contribution in [0.4, 0.5) is 5.13 Å². The molecule has 3 heterocycles. The summed E-state index contributed by atoms with van der Waals surface area (Å²) < 4.78 is 6.32. The van der Waals surface area contributed by atoms with Crippen molar-refractivity contribution in [2.24, 2.45) is 17.8 Å². The monoisotopic (exact) mass is 531 g/mol. The SMILES string of the molecule is Cc1ccc(OCc2ccc(C(=O)N3CCCCC3)cc2C)c(-c2csc(N3CC4C(C(=O)O)[C@H]4C3)n2)c1. The number of likely N-dealkylation sites (tertiary alicyclic amines) is 1. The maximum Gasteiger partial charge on any atom is 0.307 e. The zero-order valence-electron chi connectivity index (χ0n) is 21.9. The molecule has 1 aromatic heterocycles. The standard InChI is InChI=1S/C30H33N3O4S/c1-18-6-9-26(37-16-21-8-7-20(13-19(21)2)28(34)32-10-4-3-5-11-32)22(12-18)25-17-38-30(31-25)33-14-23-24(15-33)27(23)29(35)36/h6-9,12-13,17,23-24,27H,3-5,10-11,14-16H2,1-2H3,(H,35,36)/t23-,24?,27?/m0/s1. The summed E-state index contributed by atoms with van der Waals surface area (Å²) in [6.07, 6.45) is 3.37. The highest BCUT2D eigenvalue weighted by Crippen LogP contribution is 2.53. The van der Waals surface area contributed by atoms with E-state index in [-0.39, 0.29) is 23.7 Å². The van der Waals surface area contributed by atoms with Crippen molar-refractivity contribution in [3.05, 3.63) is 64.0 Å². The van der Waals surface area contributed by atoms with E-state index < -0.39 is 5.97 Å². The Morgan fingerprint density at radius 2 is 1.82 bits per heavy atom. The zero-order valence-corrected chi connectivity index (χ0v) is 22.7. The first-order valence-electron chi connectivity index (χ1n) is 13.4. The Bertz CT molecular complexity index is 1370. The third-order valence-electron chi connectivity index (χ3n) is 8.27. The summed E-state index contributed by atoms with van der Waals surface area (Å²) in [6, 6.07) is 12.0. The number of benzene rings is 2. The summed E-state index contributed by atoms with van der Waals surface area (Å²) in [5.74, 6) is 0.553. The van der Waals surface area contributed by atoms with Gasteiger partial charge in [-0.2, -0.15) is 0 Å². The van der Waals surface area contributed by atoms with Gasteiger partial charge >= 0.3 is 5.97 Å². The molecule has 38 heavy (non-hydrogen) atoms. The van der Waals surface area contributed by atoms with Crippen molar-refractivity contribution in [1.29, 1.82) is 0 Å². The van der Waals surface area contributed by atoms with Crippen LogP contribution in [0, 0.1) is 31.6 Å². The fraction of sp³-hybridized carbons (Fsp3) is 0.433. The van der Waals surface area contributed by atoms with Crippen molar-refractivity contribution >= 4 is 28.3 Å². The molecule has 1 N–H and O–H groups in total. The highest BCUT2D eigenvalue weighted by molar-refractivity contribution is 7.14. The summed E-state index contributed by atoms with van der Waals surface area (Å²) in [6.45, 7) is 7.72. The molecular formula is C30H33N3O4S. The number of aromatic nitrogens is 1. The van der Waals surface area contributed by atoms with Crippen molar-refractivity contribution in [3.63, 3.8) is 0 Å². The molecule has 0 radical (unpaired) electrons. The molecule has 3 aromatic rings. The molecule has 1 aliphatic carbocycles. The van der Waals surface area contributed by atoms with Gasteiger partial charge in [0.05, 0.1) is 11.6 Å². The largest absolute Gasteiger partial charge is 0.488 e. The molecule has 2 saturated heterocycles. The lowest BCUT2D eigenvalue weighted by Gasteiger charge is -2.27. The molecule has 2 unspecified atom stereocenters. The predicted octanol–water partition coefficient (Wildman–Crippen LogP) is 5.40. The van der Waals surface area contributed by atoms with Gasteiger partial charge in [-0.25, -0.2) is 4.98 Å². The van der Waals surface area contributed by atoms with E-state index in [1.165, 1.54) is 6.42 Å². The van der Waals surface area contributed by atoms with Crippen LogP contribution < -0.4 is 9.64 Å². The number of amides is 1. The van der Waals surface area contributed by atoms with E-state index in [2.05, 4.69) is 23.3 Å². The average molecular weight is 532 g/mol. The molecule has 2 aromatic carbocycles. The Morgan fingerprint density at radius 1 is 1.05 bits per heavy atom. The Labute approximate surface area is 227 Å². The van der Waals surface area contributed by atoms with E-state index in [1.54, 1.807) is 11.3 Å².